The van der Waals surface area contributed by atoms with Crippen molar-refractivity contribution in [2.45, 2.75) is 20.8 Å². The van der Waals surface area contributed by atoms with E-state index in [1.54, 1.807) is 24.8 Å². The molecule has 0 aliphatic carbocycles. The van der Waals surface area contributed by atoms with Crippen LogP contribution in [0, 0.1) is 11.2 Å². The van der Waals surface area contributed by atoms with Crippen molar-refractivity contribution in [2.24, 2.45) is 5.41 Å². The first-order valence-corrected chi connectivity index (χ1v) is 12.2. The first-order valence-electron chi connectivity index (χ1n) is 12.2. The zero-order valence-electron chi connectivity index (χ0n) is 21.4. The van der Waals surface area contributed by atoms with Crippen LogP contribution in [-0.4, -0.2) is 41.1 Å². The number of carbonyl (C=O) groups is 1. The highest BCUT2D eigenvalue weighted by Crippen LogP contribution is 2.35. The number of aromatic nitrogens is 6. The second-order valence-electron chi connectivity index (χ2n) is 10.4. The molecule has 5 heterocycles. The van der Waals surface area contributed by atoms with Crippen LogP contribution in [0.4, 0.5) is 10.1 Å². The predicted molar refractivity (Wildman–Crippen MR) is 147 cm³/mol. The number of nitrogens with one attached hydrogen (secondary N) is 3. The molecule has 5 aromatic heterocycles. The largest absolute Gasteiger partial charge is 0.508 e. The number of benzene rings is 1. The fraction of sp³-hybridized carbons (Fsp3) is 0.138. The Morgan fingerprint density at radius 2 is 1.74 bits per heavy atom. The topological polar surface area (TPSA) is 132 Å². The molecule has 0 saturated heterocycles. The molecule has 0 spiro atoms. The first kappa shape index (κ1) is 24.2. The smallest absolute Gasteiger partial charge is 0.229 e. The molecule has 1 aromatic carbocycles. The quantitative estimate of drug-likeness (QED) is 0.223. The third-order valence-corrected chi connectivity index (χ3v) is 6.39. The van der Waals surface area contributed by atoms with Crippen LogP contribution in [0.2, 0.25) is 0 Å². The van der Waals surface area contributed by atoms with Crippen LogP contribution in [0.1, 0.15) is 20.8 Å². The van der Waals surface area contributed by atoms with E-state index in [0.717, 1.165) is 39.2 Å². The van der Waals surface area contributed by atoms with Crippen molar-refractivity contribution in [2.75, 3.05) is 5.32 Å². The second kappa shape index (κ2) is 9.02. The van der Waals surface area contributed by atoms with Crippen LogP contribution in [0.15, 0.2) is 67.3 Å². The molecule has 6 aromatic rings. The van der Waals surface area contributed by atoms with Crippen molar-refractivity contribution >= 4 is 33.5 Å². The Morgan fingerprint density at radius 3 is 2.54 bits per heavy atom. The van der Waals surface area contributed by atoms with Crippen LogP contribution in [0.5, 0.6) is 5.75 Å². The maximum absolute atomic E-state index is 14.0. The number of rotatable bonds is 4. The molecule has 10 heteroatoms. The van der Waals surface area contributed by atoms with Gasteiger partial charge in [-0.25, -0.2) is 9.37 Å². The Hall–Kier alpha value is -5.12. The summed E-state index contributed by atoms with van der Waals surface area (Å²) in [6.45, 7) is 5.55. The zero-order chi connectivity index (χ0) is 27.3. The minimum absolute atomic E-state index is 0.103. The van der Waals surface area contributed by atoms with Crippen molar-refractivity contribution in [1.29, 1.82) is 0 Å². The first-order chi connectivity index (χ1) is 18.7. The Bertz CT molecular complexity index is 1860. The van der Waals surface area contributed by atoms with Gasteiger partial charge in [0.25, 0.3) is 0 Å². The number of phenols is 1. The number of pyridine rings is 3. The number of fused-ring (bicyclic) bond motifs is 2. The van der Waals surface area contributed by atoms with Gasteiger partial charge in [-0.2, -0.15) is 5.10 Å². The van der Waals surface area contributed by atoms with Gasteiger partial charge in [-0.15, -0.1) is 0 Å². The molecule has 0 bridgehead atoms. The van der Waals surface area contributed by atoms with Gasteiger partial charge < -0.3 is 15.4 Å². The highest BCUT2D eigenvalue weighted by molar-refractivity contribution is 6.00. The van der Waals surface area contributed by atoms with E-state index in [1.807, 2.05) is 45.0 Å². The zero-order valence-corrected chi connectivity index (χ0v) is 21.4. The van der Waals surface area contributed by atoms with Gasteiger partial charge >= 0.3 is 0 Å². The fourth-order valence-corrected chi connectivity index (χ4v) is 4.37. The van der Waals surface area contributed by atoms with Gasteiger partial charge in [-0.1, -0.05) is 20.8 Å². The van der Waals surface area contributed by atoms with Gasteiger partial charge in [-0.05, 0) is 36.4 Å². The van der Waals surface area contributed by atoms with Gasteiger partial charge in [0.1, 0.15) is 17.3 Å². The molecule has 39 heavy (non-hydrogen) atoms. The number of amides is 1. The van der Waals surface area contributed by atoms with E-state index >= 15 is 0 Å². The van der Waals surface area contributed by atoms with E-state index in [0.29, 0.717) is 28.3 Å². The van der Waals surface area contributed by atoms with E-state index in [1.165, 1.54) is 12.1 Å². The normalized spacial score (nSPS) is 11.8. The number of aromatic amines is 2. The molecule has 0 radical (unpaired) electrons. The Morgan fingerprint density at radius 1 is 0.923 bits per heavy atom. The molecule has 0 aliphatic heterocycles. The third-order valence-electron chi connectivity index (χ3n) is 6.39. The van der Waals surface area contributed by atoms with E-state index < -0.39 is 11.2 Å². The lowest BCUT2D eigenvalue weighted by Crippen LogP contribution is -2.27. The SMILES string of the molecule is CC(C)(C)C(=O)Nc1cncc(-c2cnc3[nH]nc(-c4cc5c(-c6cc(O)cc(F)c6)nccc5[nH]4)c3c2)c1. The number of hydrogen-bond donors (Lipinski definition) is 4. The predicted octanol–water partition coefficient (Wildman–Crippen LogP) is 6.06. The van der Waals surface area contributed by atoms with Gasteiger partial charge in [0.15, 0.2) is 5.65 Å². The monoisotopic (exact) mass is 521 g/mol. The number of aromatic hydroxyl groups is 1. The molecule has 0 fully saturated rings. The lowest BCUT2D eigenvalue weighted by atomic mass is 9.95. The molecule has 6 rings (SSSR count). The molecule has 9 nitrogen and oxygen atoms in total. The number of halogens is 1. The van der Waals surface area contributed by atoms with Crippen molar-refractivity contribution in [1.82, 2.24) is 30.1 Å². The van der Waals surface area contributed by atoms with Crippen LogP contribution in [-0.2, 0) is 4.79 Å². The summed E-state index contributed by atoms with van der Waals surface area (Å²) in [5.74, 6) is -0.825. The summed E-state index contributed by atoms with van der Waals surface area (Å²) in [5.41, 5.74) is 5.40. The molecule has 4 N–H and O–H groups in total. The summed E-state index contributed by atoms with van der Waals surface area (Å²) in [6, 6.07) is 11.4. The van der Waals surface area contributed by atoms with Crippen molar-refractivity contribution < 1.29 is 14.3 Å². The fourth-order valence-electron chi connectivity index (χ4n) is 4.37. The molecule has 194 valence electrons. The average molecular weight is 522 g/mol. The third kappa shape index (κ3) is 4.56. The van der Waals surface area contributed by atoms with E-state index in [4.69, 9.17) is 0 Å². The maximum Gasteiger partial charge on any atom is 0.229 e. The van der Waals surface area contributed by atoms with Gasteiger partial charge in [0.2, 0.25) is 5.91 Å². The van der Waals surface area contributed by atoms with Gasteiger partial charge in [0.05, 0.1) is 23.3 Å². The average Bonchev–Trinajstić information content (AvgIpc) is 3.51. The van der Waals surface area contributed by atoms with Crippen molar-refractivity contribution in [3.05, 3.63) is 73.1 Å². The molecule has 0 aliphatic rings. The van der Waals surface area contributed by atoms with Crippen molar-refractivity contribution in [3.63, 3.8) is 0 Å². The minimum atomic E-state index is -0.548. The summed E-state index contributed by atoms with van der Waals surface area (Å²) in [5, 5.41) is 21.8. The number of carbonyl (C=O) groups excluding carboxylic acids is 1. The highest BCUT2D eigenvalue weighted by atomic mass is 19.1. The van der Waals surface area contributed by atoms with E-state index in [2.05, 4.69) is 35.5 Å². The van der Waals surface area contributed by atoms with Crippen LogP contribution >= 0.6 is 0 Å². The summed E-state index contributed by atoms with van der Waals surface area (Å²) >= 11 is 0. The van der Waals surface area contributed by atoms with Gasteiger partial charge in [-0.3, -0.25) is 19.9 Å². The van der Waals surface area contributed by atoms with Crippen LogP contribution in [0.25, 0.3) is 55.7 Å². The number of phenolic OH excluding ortho intramolecular Hbond substituents is 1. The summed E-state index contributed by atoms with van der Waals surface area (Å²) in [6.07, 6.45) is 6.67. The number of nitrogens with zero attached hydrogens (tertiary/aromatic N) is 4. The summed E-state index contributed by atoms with van der Waals surface area (Å²) in [7, 11) is 0. The van der Waals surface area contributed by atoms with Crippen LogP contribution < -0.4 is 5.32 Å². The molecule has 0 unspecified atom stereocenters. The number of hydrogen-bond acceptors (Lipinski definition) is 6. The minimum Gasteiger partial charge on any atom is -0.508 e. The lowest BCUT2D eigenvalue weighted by molar-refractivity contribution is -0.123. The van der Waals surface area contributed by atoms with E-state index in [9.17, 15) is 14.3 Å². The van der Waals surface area contributed by atoms with Crippen LogP contribution in [0.3, 0.4) is 0 Å². The molecule has 0 saturated carbocycles. The number of H-pyrrole nitrogens is 2. The number of anilines is 1. The molecular formula is C29H24FN7O2. The van der Waals surface area contributed by atoms with Gasteiger partial charge in [0, 0.05) is 63.1 Å². The summed E-state index contributed by atoms with van der Waals surface area (Å²) < 4.78 is 14.0. The standard InChI is InChI=1S/C29H24FN7O2/c1-29(2,3)28(39)34-19-7-16(12-31-14-19)17-9-22-26(36-37-27(22)33-13-17)24-11-21-23(35-24)4-5-32-25(21)15-6-18(30)10-20(38)8-15/h4-14,35,38H,1-3H3,(H,34,39)(H,33,36,37). The van der Waals surface area contributed by atoms with E-state index in [-0.39, 0.29) is 11.7 Å². The molecule has 0 atom stereocenters. The van der Waals surface area contributed by atoms with Crippen molar-refractivity contribution in [3.8, 4) is 39.5 Å². The highest BCUT2D eigenvalue weighted by Gasteiger charge is 2.21. The summed E-state index contributed by atoms with van der Waals surface area (Å²) in [4.78, 5) is 29.1. The molecular weight excluding hydrogens is 497 g/mol. The lowest BCUT2D eigenvalue weighted by Gasteiger charge is -2.17. The maximum atomic E-state index is 14.0. The second-order valence-corrected chi connectivity index (χ2v) is 10.4. The molecule has 1 amide bonds. The Kier molecular flexibility index (Phi) is 5.60. The Balaban J connectivity index is 1.41. The Labute approximate surface area is 222 Å².